The molecule has 0 aromatic carbocycles. The summed E-state index contributed by atoms with van der Waals surface area (Å²) in [7, 11) is 2.17. The van der Waals surface area contributed by atoms with Gasteiger partial charge in [0.2, 0.25) is 5.91 Å². The number of nitrogens with one attached hydrogen (secondary N) is 1. The van der Waals surface area contributed by atoms with Gasteiger partial charge in [0.25, 0.3) is 0 Å². The Balaban J connectivity index is 2.23. The fraction of sp³-hybridized carbons (Fsp3) is 0.889. The Kier molecular flexibility index (Phi) is 4.53. The lowest BCUT2D eigenvalue weighted by molar-refractivity contribution is -0.883. The molecule has 1 aliphatic rings. The first-order chi connectivity index (χ1) is 6.24. The van der Waals surface area contributed by atoms with Crippen LogP contribution in [0.1, 0.15) is 12.8 Å². The number of hydrogen-bond donors (Lipinski definition) is 1. The standard InChI is InChI=1S/C9H17ClN2O/c1-11-5-7-12(8-6-11)9(13)3-2-4-10/h2-8H2,1H3/p+1. The fourth-order valence-corrected chi connectivity index (χ4v) is 1.65. The highest BCUT2D eigenvalue weighted by molar-refractivity contribution is 6.17. The highest BCUT2D eigenvalue weighted by Gasteiger charge is 2.20. The maximum absolute atomic E-state index is 11.5. The van der Waals surface area contributed by atoms with E-state index in [1.165, 1.54) is 4.90 Å². The summed E-state index contributed by atoms with van der Waals surface area (Å²) in [5.74, 6) is 0.859. The van der Waals surface area contributed by atoms with Gasteiger partial charge in [-0.25, -0.2) is 0 Å². The monoisotopic (exact) mass is 205 g/mol. The number of halogens is 1. The van der Waals surface area contributed by atoms with Gasteiger partial charge in [0.05, 0.1) is 33.2 Å². The summed E-state index contributed by atoms with van der Waals surface area (Å²) in [6.07, 6.45) is 1.42. The number of quaternary nitrogens is 1. The molecule has 0 aliphatic carbocycles. The summed E-state index contributed by atoms with van der Waals surface area (Å²) in [6, 6.07) is 0. The average molecular weight is 206 g/mol. The van der Waals surface area contributed by atoms with Crippen molar-refractivity contribution in [3.8, 4) is 0 Å². The largest absolute Gasteiger partial charge is 0.334 e. The predicted molar refractivity (Wildman–Crippen MR) is 53.2 cm³/mol. The maximum atomic E-state index is 11.5. The number of hydrogen-bond acceptors (Lipinski definition) is 1. The third-order valence-electron chi connectivity index (χ3n) is 2.49. The van der Waals surface area contributed by atoms with Crippen LogP contribution in [0.25, 0.3) is 0 Å². The Hall–Kier alpha value is -0.280. The minimum absolute atomic E-state index is 0.271. The van der Waals surface area contributed by atoms with E-state index >= 15 is 0 Å². The third kappa shape index (κ3) is 3.53. The van der Waals surface area contributed by atoms with E-state index in [1.54, 1.807) is 0 Å². The Labute approximate surface area is 84.6 Å². The molecule has 76 valence electrons. The Morgan fingerprint density at radius 2 is 2.08 bits per heavy atom. The molecular weight excluding hydrogens is 188 g/mol. The van der Waals surface area contributed by atoms with Crippen LogP contribution in [0.5, 0.6) is 0 Å². The summed E-state index contributed by atoms with van der Waals surface area (Å²) in [5, 5.41) is 0. The van der Waals surface area contributed by atoms with E-state index in [0.717, 1.165) is 32.6 Å². The first-order valence-electron chi connectivity index (χ1n) is 4.89. The van der Waals surface area contributed by atoms with Gasteiger partial charge in [-0.2, -0.15) is 0 Å². The molecule has 0 spiro atoms. The molecule has 1 N–H and O–H groups in total. The lowest BCUT2D eigenvalue weighted by atomic mass is 10.2. The van der Waals surface area contributed by atoms with Gasteiger partial charge in [-0.05, 0) is 6.42 Å². The van der Waals surface area contributed by atoms with E-state index in [0.29, 0.717) is 12.3 Å². The molecule has 4 heteroatoms. The van der Waals surface area contributed by atoms with E-state index in [9.17, 15) is 4.79 Å². The Morgan fingerprint density at radius 1 is 1.46 bits per heavy atom. The third-order valence-corrected chi connectivity index (χ3v) is 2.76. The minimum Gasteiger partial charge on any atom is -0.334 e. The van der Waals surface area contributed by atoms with Gasteiger partial charge in [-0.15, -0.1) is 11.6 Å². The molecule has 1 heterocycles. The highest BCUT2D eigenvalue weighted by atomic mass is 35.5. The lowest BCUT2D eigenvalue weighted by Crippen LogP contribution is -3.12. The molecule has 0 saturated carbocycles. The zero-order valence-corrected chi connectivity index (χ0v) is 8.94. The Morgan fingerprint density at radius 3 is 2.62 bits per heavy atom. The molecule has 1 aliphatic heterocycles. The molecule has 3 nitrogen and oxygen atoms in total. The number of carbonyl (C=O) groups excluding carboxylic acids is 1. The summed E-state index contributed by atoms with van der Waals surface area (Å²) in [6.45, 7) is 3.97. The molecule has 0 unspecified atom stereocenters. The predicted octanol–water partition coefficient (Wildman–Crippen LogP) is -0.638. The van der Waals surface area contributed by atoms with Gasteiger partial charge < -0.3 is 9.80 Å². The quantitative estimate of drug-likeness (QED) is 0.610. The molecule has 1 rings (SSSR count). The normalized spacial score (nSPS) is 19.1. The van der Waals surface area contributed by atoms with Crippen molar-refractivity contribution in [2.75, 3.05) is 39.1 Å². The van der Waals surface area contributed by atoms with Gasteiger partial charge in [0.1, 0.15) is 0 Å². The Bertz CT molecular complexity index is 167. The average Bonchev–Trinajstić information content (AvgIpc) is 2.15. The van der Waals surface area contributed by atoms with Crippen LogP contribution in [-0.4, -0.2) is 49.9 Å². The summed E-state index contributed by atoms with van der Waals surface area (Å²) >= 11 is 5.53. The number of piperazine rings is 1. The number of alkyl halides is 1. The van der Waals surface area contributed by atoms with Crippen LogP contribution >= 0.6 is 11.6 Å². The van der Waals surface area contributed by atoms with Crippen molar-refractivity contribution >= 4 is 17.5 Å². The zero-order valence-electron chi connectivity index (χ0n) is 8.18. The molecule has 1 amide bonds. The summed E-state index contributed by atoms with van der Waals surface area (Å²) in [5.41, 5.74) is 0. The van der Waals surface area contributed by atoms with E-state index in [-0.39, 0.29) is 5.91 Å². The van der Waals surface area contributed by atoms with E-state index in [2.05, 4.69) is 7.05 Å². The maximum Gasteiger partial charge on any atom is 0.223 e. The van der Waals surface area contributed by atoms with E-state index in [1.807, 2.05) is 4.90 Å². The number of nitrogens with zero attached hydrogens (tertiary/aromatic N) is 1. The van der Waals surface area contributed by atoms with E-state index in [4.69, 9.17) is 11.6 Å². The van der Waals surface area contributed by atoms with Crippen molar-refractivity contribution in [1.82, 2.24) is 4.90 Å². The van der Waals surface area contributed by atoms with Gasteiger partial charge >= 0.3 is 0 Å². The van der Waals surface area contributed by atoms with Crippen molar-refractivity contribution in [3.63, 3.8) is 0 Å². The number of rotatable bonds is 3. The highest BCUT2D eigenvalue weighted by Crippen LogP contribution is 1.99. The second kappa shape index (κ2) is 5.45. The molecule has 0 bridgehead atoms. The lowest BCUT2D eigenvalue weighted by Gasteiger charge is -2.30. The topological polar surface area (TPSA) is 24.8 Å². The smallest absolute Gasteiger partial charge is 0.223 e. The summed E-state index contributed by atoms with van der Waals surface area (Å²) in [4.78, 5) is 15.0. The van der Waals surface area contributed by atoms with Crippen molar-refractivity contribution in [3.05, 3.63) is 0 Å². The van der Waals surface area contributed by atoms with Crippen molar-refractivity contribution in [2.45, 2.75) is 12.8 Å². The second-order valence-corrected chi connectivity index (χ2v) is 4.01. The van der Waals surface area contributed by atoms with Crippen LogP contribution < -0.4 is 4.90 Å². The van der Waals surface area contributed by atoms with Gasteiger partial charge in [-0.1, -0.05) is 0 Å². The minimum atomic E-state index is 0.271. The first kappa shape index (κ1) is 10.8. The van der Waals surface area contributed by atoms with Crippen molar-refractivity contribution in [2.24, 2.45) is 0 Å². The molecule has 0 radical (unpaired) electrons. The van der Waals surface area contributed by atoms with Crippen LogP contribution in [0.4, 0.5) is 0 Å². The van der Waals surface area contributed by atoms with Crippen LogP contribution in [0, 0.1) is 0 Å². The molecule has 0 atom stereocenters. The van der Waals surface area contributed by atoms with Crippen LogP contribution in [-0.2, 0) is 4.79 Å². The van der Waals surface area contributed by atoms with Gasteiger partial charge in [0.15, 0.2) is 0 Å². The SMILES string of the molecule is C[NH+]1CCN(C(=O)CCCCl)CC1. The molecule has 1 saturated heterocycles. The molecule has 1 fully saturated rings. The first-order valence-corrected chi connectivity index (χ1v) is 5.42. The molecule has 0 aromatic rings. The van der Waals surface area contributed by atoms with Gasteiger partial charge in [0, 0.05) is 12.3 Å². The second-order valence-electron chi connectivity index (χ2n) is 3.63. The molecular formula is C9H18ClN2O+. The van der Waals surface area contributed by atoms with E-state index < -0.39 is 0 Å². The number of amides is 1. The number of likely N-dealkylation sites (N-methyl/N-ethyl adjacent to an activating group) is 1. The van der Waals surface area contributed by atoms with Crippen molar-refractivity contribution < 1.29 is 9.69 Å². The molecule has 0 aromatic heterocycles. The van der Waals surface area contributed by atoms with Gasteiger partial charge in [-0.3, -0.25) is 4.79 Å². The zero-order chi connectivity index (χ0) is 9.68. The fourth-order valence-electron chi connectivity index (χ4n) is 1.51. The molecule has 13 heavy (non-hydrogen) atoms. The summed E-state index contributed by atoms with van der Waals surface area (Å²) < 4.78 is 0. The van der Waals surface area contributed by atoms with Crippen LogP contribution in [0.3, 0.4) is 0 Å². The van der Waals surface area contributed by atoms with Crippen molar-refractivity contribution in [1.29, 1.82) is 0 Å². The number of carbonyl (C=O) groups is 1. The van der Waals surface area contributed by atoms with Crippen LogP contribution in [0.2, 0.25) is 0 Å². The van der Waals surface area contributed by atoms with Crippen LogP contribution in [0.15, 0.2) is 0 Å².